The Hall–Kier alpha value is -0.300. The second-order valence-corrected chi connectivity index (χ2v) is 3.64. The second kappa shape index (κ2) is 10.2. The molecule has 96 valence electrons. The predicted molar refractivity (Wildman–Crippen MR) is 52.6 cm³/mol. The van der Waals surface area contributed by atoms with Gasteiger partial charge in [0.05, 0.1) is 0 Å². The second-order valence-electron chi connectivity index (χ2n) is 1.85. The van der Waals surface area contributed by atoms with Crippen molar-refractivity contribution in [1.82, 2.24) is 5.32 Å². The first-order valence-corrected chi connectivity index (χ1v) is 6.31. The van der Waals surface area contributed by atoms with Gasteiger partial charge < -0.3 is 5.32 Å². The summed E-state index contributed by atoms with van der Waals surface area (Å²) in [5.41, 5.74) is 0. The zero-order valence-corrected chi connectivity index (χ0v) is 9.79. The lowest BCUT2D eigenvalue weighted by molar-refractivity contribution is 0.378. The van der Waals surface area contributed by atoms with Gasteiger partial charge in [0.1, 0.15) is 0 Å². The van der Waals surface area contributed by atoms with Gasteiger partial charge in [-0.15, -0.1) is 0 Å². The molecule has 0 spiro atoms. The molecule has 0 saturated heterocycles. The lowest BCUT2D eigenvalue weighted by Crippen LogP contribution is -2.09. The maximum Gasteiger partial charge on any atom is 0.394 e. The van der Waals surface area contributed by atoms with Gasteiger partial charge in [0.2, 0.25) is 0 Å². The van der Waals surface area contributed by atoms with Crippen LogP contribution in [0, 0.1) is 0 Å². The lowest BCUT2D eigenvalue weighted by atomic mass is 10.7. The molecule has 0 amide bonds. The zero-order valence-electron chi connectivity index (χ0n) is 8.15. The van der Waals surface area contributed by atoms with E-state index in [2.05, 4.69) is 19.2 Å². The third-order valence-corrected chi connectivity index (χ3v) is 0.500. The minimum Gasteiger partial charge on any atom is -0.317 e. The van der Waals surface area contributed by atoms with Crippen LogP contribution < -0.4 is 5.32 Å². The quantitative estimate of drug-likeness (QED) is 0.408. The van der Waals surface area contributed by atoms with Crippen molar-refractivity contribution in [2.45, 2.75) is 13.8 Å². The molecule has 0 radical (unpaired) electrons. The van der Waals surface area contributed by atoms with Crippen LogP contribution in [0.3, 0.4) is 0 Å². The molecule has 0 aliphatic carbocycles. The van der Waals surface area contributed by atoms with E-state index in [9.17, 15) is 0 Å². The zero-order chi connectivity index (χ0) is 13.1. The molecular weight excluding hydrogens is 254 g/mol. The SMILES string of the molecule is CCNCC.O=S(=O)(O)O.O=S(=O)(O)O. The molecule has 0 atom stereocenters. The molecule has 0 bridgehead atoms. The highest BCUT2D eigenvalue weighted by Gasteiger charge is 1.85. The standard InChI is InChI=1S/C4H11N.2H2O4S/c1-3-5-4-2;2*1-5(2,3)4/h5H,3-4H2,1-2H3;2*(H2,1,2,3,4). The number of hydrogen-bond acceptors (Lipinski definition) is 5. The van der Waals surface area contributed by atoms with Crippen LogP contribution in [-0.2, 0) is 20.8 Å². The number of rotatable bonds is 2. The Morgan fingerprint density at radius 1 is 0.800 bits per heavy atom. The minimum absolute atomic E-state index is 1.09. The van der Waals surface area contributed by atoms with Crippen molar-refractivity contribution in [3.05, 3.63) is 0 Å². The average molecular weight is 269 g/mol. The molecule has 11 heteroatoms. The van der Waals surface area contributed by atoms with Gasteiger partial charge in [-0.2, -0.15) is 16.8 Å². The van der Waals surface area contributed by atoms with Crippen molar-refractivity contribution in [1.29, 1.82) is 0 Å². The van der Waals surface area contributed by atoms with E-state index in [1.165, 1.54) is 0 Å². The first-order valence-electron chi connectivity index (χ1n) is 3.52. The molecule has 0 unspecified atom stereocenters. The van der Waals surface area contributed by atoms with E-state index in [4.69, 9.17) is 35.0 Å². The summed E-state index contributed by atoms with van der Waals surface area (Å²) in [6.45, 7) is 6.39. The van der Waals surface area contributed by atoms with E-state index in [1.54, 1.807) is 0 Å². The predicted octanol–water partition coefficient (Wildman–Crippen LogP) is -0.690. The van der Waals surface area contributed by atoms with E-state index < -0.39 is 20.8 Å². The topological polar surface area (TPSA) is 161 Å². The Kier molecular flexibility index (Phi) is 13.7. The van der Waals surface area contributed by atoms with Gasteiger partial charge in [0.25, 0.3) is 0 Å². The molecular formula is C4H15NO8S2. The Morgan fingerprint density at radius 2 is 0.933 bits per heavy atom. The van der Waals surface area contributed by atoms with Gasteiger partial charge in [-0.25, -0.2) is 0 Å². The fourth-order valence-corrected chi connectivity index (χ4v) is 0.250. The summed E-state index contributed by atoms with van der Waals surface area (Å²) in [7, 11) is -9.33. The number of hydrogen-bond donors (Lipinski definition) is 5. The Morgan fingerprint density at radius 3 is 0.933 bits per heavy atom. The van der Waals surface area contributed by atoms with Crippen molar-refractivity contribution in [3.63, 3.8) is 0 Å². The van der Waals surface area contributed by atoms with Crippen molar-refractivity contribution in [2.75, 3.05) is 13.1 Å². The largest absolute Gasteiger partial charge is 0.394 e. The van der Waals surface area contributed by atoms with Crippen LogP contribution in [0.5, 0.6) is 0 Å². The highest BCUT2D eigenvalue weighted by atomic mass is 32.3. The molecule has 5 N–H and O–H groups in total. The molecule has 0 aromatic carbocycles. The van der Waals surface area contributed by atoms with Gasteiger partial charge >= 0.3 is 20.8 Å². The van der Waals surface area contributed by atoms with Crippen LogP contribution in [0.1, 0.15) is 13.8 Å². The molecule has 0 aliphatic heterocycles. The van der Waals surface area contributed by atoms with E-state index in [0.29, 0.717) is 0 Å². The summed E-state index contributed by atoms with van der Waals surface area (Å²) < 4.78 is 63.2. The highest BCUT2D eigenvalue weighted by Crippen LogP contribution is 1.59. The first-order chi connectivity index (χ1) is 6.41. The normalized spacial score (nSPS) is 10.5. The maximum atomic E-state index is 8.74. The lowest BCUT2D eigenvalue weighted by Gasteiger charge is -1.86. The van der Waals surface area contributed by atoms with Crippen molar-refractivity contribution in [3.8, 4) is 0 Å². The molecule has 0 aromatic rings. The Balaban J connectivity index is -0.000000144. The summed E-state index contributed by atoms with van der Waals surface area (Å²) in [5, 5.41) is 3.11. The summed E-state index contributed by atoms with van der Waals surface area (Å²) in [5.74, 6) is 0. The van der Waals surface area contributed by atoms with Crippen LogP contribution in [0.15, 0.2) is 0 Å². The van der Waals surface area contributed by atoms with Crippen LogP contribution in [-0.4, -0.2) is 48.1 Å². The highest BCUT2D eigenvalue weighted by molar-refractivity contribution is 7.80. The summed E-state index contributed by atoms with van der Waals surface area (Å²) in [6, 6.07) is 0. The molecule has 0 aliphatic rings. The van der Waals surface area contributed by atoms with Crippen LogP contribution in [0.4, 0.5) is 0 Å². The Labute approximate surface area is 88.7 Å². The van der Waals surface area contributed by atoms with E-state index in [0.717, 1.165) is 13.1 Å². The van der Waals surface area contributed by atoms with Crippen molar-refractivity contribution >= 4 is 20.8 Å². The van der Waals surface area contributed by atoms with Gasteiger partial charge in [-0.1, -0.05) is 13.8 Å². The fraction of sp³-hybridized carbons (Fsp3) is 1.00. The third kappa shape index (κ3) is 649. The smallest absolute Gasteiger partial charge is 0.317 e. The van der Waals surface area contributed by atoms with Gasteiger partial charge in [0.15, 0.2) is 0 Å². The first kappa shape index (κ1) is 20.2. The van der Waals surface area contributed by atoms with E-state index >= 15 is 0 Å². The molecule has 9 nitrogen and oxygen atoms in total. The minimum atomic E-state index is -4.67. The molecule has 15 heavy (non-hydrogen) atoms. The summed E-state index contributed by atoms with van der Waals surface area (Å²) in [4.78, 5) is 0. The van der Waals surface area contributed by atoms with Gasteiger partial charge in [-0.05, 0) is 13.1 Å². The van der Waals surface area contributed by atoms with Crippen LogP contribution in [0.2, 0.25) is 0 Å². The van der Waals surface area contributed by atoms with Crippen molar-refractivity contribution in [2.24, 2.45) is 0 Å². The fourth-order valence-electron chi connectivity index (χ4n) is 0.250. The summed E-state index contributed by atoms with van der Waals surface area (Å²) >= 11 is 0. The maximum absolute atomic E-state index is 8.74. The third-order valence-electron chi connectivity index (χ3n) is 0.500. The molecule has 0 saturated carbocycles. The monoisotopic (exact) mass is 269 g/mol. The average Bonchev–Trinajstić information content (AvgIpc) is 1.80. The number of nitrogens with one attached hydrogen (secondary N) is 1. The van der Waals surface area contributed by atoms with Crippen LogP contribution in [0.25, 0.3) is 0 Å². The molecule has 0 fully saturated rings. The molecule has 0 heterocycles. The summed E-state index contributed by atoms with van der Waals surface area (Å²) in [6.07, 6.45) is 0. The van der Waals surface area contributed by atoms with Gasteiger partial charge in [-0.3, -0.25) is 18.2 Å². The van der Waals surface area contributed by atoms with E-state index in [-0.39, 0.29) is 0 Å². The van der Waals surface area contributed by atoms with E-state index in [1.807, 2.05) is 0 Å². The van der Waals surface area contributed by atoms with Gasteiger partial charge in [0, 0.05) is 0 Å². The van der Waals surface area contributed by atoms with Crippen molar-refractivity contribution < 1.29 is 35.0 Å². The molecule has 0 rings (SSSR count). The Bertz CT molecular complexity index is 258. The molecule has 0 aromatic heterocycles. The van der Waals surface area contributed by atoms with Crippen LogP contribution >= 0.6 is 0 Å².